The van der Waals surface area contributed by atoms with Gasteiger partial charge in [0.15, 0.2) is 5.96 Å². The van der Waals surface area contributed by atoms with Crippen molar-refractivity contribution in [3.8, 4) is 0 Å². The fourth-order valence-electron chi connectivity index (χ4n) is 2.89. The third-order valence-corrected chi connectivity index (χ3v) is 6.31. The summed E-state index contributed by atoms with van der Waals surface area (Å²) in [6, 6.07) is 2.10. The molecule has 1 aliphatic heterocycles. The molecule has 1 saturated carbocycles. The van der Waals surface area contributed by atoms with Gasteiger partial charge in [-0.25, -0.2) is 8.42 Å². The van der Waals surface area contributed by atoms with Crippen LogP contribution in [0.25, 0.3) is 0 Å². The van der Waals surface area contributed by atoms with Gasteiger partial charge in [-0.3, -0.25) is 4.99 Å². The molecular weight excluding hydrogens is 457 g/mol. The van der Waals surface area contributed by atoms with Crippen molar-refractivity contribution < 1.29 is 12.9 Å². The Morgan fingerprint density at radius 2 is 2.08 bits per heavy atom. The van der Waals surface area contributed by atoms with Crippen LogP contribution in [-0.4, -0.2) is 67.5 Å². The van der Waals surface area contributed by atoms with Crippen LogP contribution >= 0.6 is 24.0 Å². The van der Waals surface area contributed by atoms with Gasteiger partial charge < -0.3 is 14.7 Å². The Kier molecular flexibility index (Phi) is 7.50. The average Bonchev–Trinajstić information content (AvgIpc) is 3.02. The molecule has 25 heavy (non-hydrogen) atoms. The summed E-state index contributed by atoms with van der Waals surface area (Å²) in [5.41, 5.74) is 0.442. The van der Waals surface area contributed by atoms with Crippen molar-refractivity contribution in [1.29, 1.82) is 0 Å². The molecule has 0 amide bonds. The highest BCUT2D eigenvalue weighted by atomic mass is 127. The van der Waals surface area contributed by atoms with Gasteiger partial charge in [0.05, 0.1) is 5.69 Å². The molecule has 1 aliphatic carbocycles. The van der Waals surface area contributed by atoms with Crippen molar-refractivity contribution in [2.24, 2.45) is 4.99 Å². The first-order valence-electron chi connectivity index (χ1n) is 8.51. The molecule has 10 heteroatoms. The summed E-state index contributed by atoms with van der Waals surface area (Å²) < 4.78 is 31.2. The predicted octanol–water partition coefficient (Wildman–Crippen LogP) is 1.26. The molecule has 0 radical (unpaired) electrons. The molecule has 2 heterocycles. The number of hydrogen-bond acceptors (Lipinski definition) is 5. The molecule has 142 valence electrons. The van der Waals surface area contributed by atoms with Gasteiger partial charge >= 0.3 is 0 Å². The summed E-state index contributed by atoms with van der Waals surface area (Å²) in [7, 11) is -3.36. The molecule has 8 nitrogen and oxygen atoms in total. The molecule has 0 aromatic carbocycles. The molecule has 2 fully saturated rings. The van der Waals surface area contributed by atoms with E-state index in [9.17, 15) is 8.42 Å². The van der Waals surface area contributed by atoms with Gasteiger partial charge in [0.1, 0.15) is 12.0 Å². The molecule has 1 saturated heterocycles. The van der Waals surface area contributed by atoms with Crippen LogP contribution in [0.2, 0.25) is 0 Å². The summed E-state index contributed by atoms with van der Waals surface area (Å²) in [5.74, 6) is 0.801. The van der Waals surface area contributed by atoms with Crippen LogP contribution < -0.4 is 5.32 Å². The Balaban J connectivity index is 0.00000225. The van der Waals surface area contributed by atoms with Crippen LogP contribution in [0, 0.1) is 0 Å². The monoisotopic (exact) mass is 483 g/mol. The summed E-state index contributed by atoms with van der Waals surface area (Å²) in [6.45, 7) is 4.97. The first-order chi connectivity index (χ1) is 11.6. The lowest BCUT2D eigenvalue weighted by atomic mass is 9.93. The first-order valence-corrected chi connectivity index (χ1v) is 10.1. The van der Waals surface area contributed by atoms with E-state index >= 15 is 0 Å². The SMILES string of the molecule is CCN=C(NC1CCC1)N1CCN(S(=O)(=O)Cc2ccon2)CC1.I. The van der Waals surface area contributed by atoms with Gasteiger partial charge in [-0.15, -0.1) is 24.0 Å². The fourth-order valence-corrected chi connectivity index (χ4v) is 4.31. The number of aliphatic imine (C=N–C) groups is 1. The lowest BCUT2D eigenvalue weighted by Gasteiger charge is -2.38. The molecule has 2 aliphatic rings. The topological polar surface area (TPSA) is 91.0 Å². The number of sulfonamides is 1. The minimum absolute atomic E-state index is 0. The Hall–Kier alpha value is -0.880. The fraction of sp³-hybridized carbons (Fsp3) is 0.733. The van der Waals surface area contributed by atoms with E-state index in [0.717, 1.165) is 12.5 Å². The number of guanidine groups is 1. The Bertz CT molecular complexity index is 653. The zero-order valence-electron chi connectivity index (χ0n) is 14.4. The van der Waals surface area contributed by atoms with Crippen molar-refractivity contribution in [3.63, 3.8) is 0 Å². The number of hydrogen-bond donors (Lipinski definition) is 1. The highest BCUT2D eigenvalue weighted by molar-refractivity contribution is 14.0. The highest BCUT2D eigenvalue weighted by Crippen LogP contribution is 2.19. The normalized spacial score (nSPS) is 20.0. The second-order valence-electron chi connectivity index (χ2n) is 6.20. The van der Waals surface area contributed by atoms with Crippen molar-refractivity contribution >= 4 is 40.0 Å². The quantitative estimate of drug-likeness (QED) is 0.385. The van der Waals surface area contributed by atoms with Crippen molar-refractivity contribution in [2.75, 3.05) is 32.7 Å². The minimum atomic E-state index is -3.36. The number of piperazine rings is 1. The van der Waals surface area contributed by atoms with E-state index in [1.165, 1.54) is 29.8 Å². The number of nitrogens with zero attached hydrogens (tertiary/aromatic N) is 4. The Morgan fingerprint density at radius 3 is 2.60 bits per heavy atom. The van der Waals surface area contributed by atoms with Crippen molar-refractivity contribution in [1.82, 2.24) is 19.7 Å². The molecule has 1 N–H and O–H groups in total. The second kappa shape index (κ2) is 9.17. The maximum absolute atomic E-state index is 12.5. The second-order valence-corrected chi connectivity index (χ2v) is 8.17. The van der Waals surface area contributed by atoms with E-state index in [1.54, 1.807) is 6.07 Å². The summed E-state index contributed by atoms with van der Waals surface area (Å²) in [5, 5.41) is 7.19. The first kappa shape index (κ1) is 20.4. The lowest BCUT2D eigenvalue weighted by molar-refractivity contribution is 0.252. The molecule has 1 aromatic heterocycles. The number of halogens is 1. The van der Waals surface area contributed by atoms with Crippen LogP contribution in [-0.2, 0) is 15.8 Å². The summed E-state index contributed by atoms with van der Waals surface area (Å²) in [4.78, 5) is 6.72. The van der Waals surface area contributed by atoms with Crippen LogP contribution in [0.1, 0.15) is 31.9 Å². The van der Waals surface area contributed by atoms with Gasteiger partial charge in [-0.2, -0.15) is 4.31 Å². The smallest absolute Gasteiger partial charge is 0.220 e. The molecule has 0 unspecified atom stereocenters. The van der Waals surface area contributed by atoms with E-state index in [2.05, 4.69) is 20.4 Å². The van der Waals surface area contributed by atoms with Gasteiger partial charge in [0.2, 0.25) is 10.0 Å². The van der Waals surface area contributed by atoms with Gasteiger partial charge in [-0.05, 0) is 26.2 Å². The van der Waals surface area contributed by atoms with E-state index in [-0.39, 0.29) is 29.7 Å². The molecule has 0 spiro atoms. The molecule has 0 atom stereocenters. The van der Waals surface area contributed by atoms with E-state index in [1.807, 2.05) is 6.92 Å². The van der Waals surface area contributed by atoms with E-state index < -0.39 is 10.0 Å². The standard InChI is InChI=1S/C15H25N5O3S.HI/c1-2-16-15(17-13-4-3-5-13)19-7-9-20(10-8-19)24(21,22)12-14-6-11-23-18-14;/h6,11,13H,2-5,7-10,12H2,1H3,(H,16,17);1H. The predicted molar refractivity (Wildman–Crippen MR) is 106 cm³/mol. The summed E-state index contributed by atoms with van der Waals surface area (Å²) >= 11 is 0. The average molecular weight is 483 g/mol. The summed E-state index contributed by atoms with van der Waals surface area (Å²) in [6.07, 6.45) is 5.04. The molecular formula is C15H26IN5O3S. The number of aromatic nitrogens is 1. The maximum atomic E-state index is 12.5. The Morgan fingerprint density at radius 1 is 1.36 bits per heavy atom. The zero-order chi connectivity index (χ0) is 17.0. The van der Waals surface area contributed by atoms with Crippen LogP contribution in [0.4, 0.5) is 0 Å². The molecule has 1 aromatic rings. The van der Waals surface area contributed by atoms with Crippen molar-refractivity contribution in [3.05, 3.63) is 18.0 Å². The van der Waals surface area contributed by atoms with Gasteiger partial charge in [0.25, 0.3) is 0 Å². The highest BCUT2D eigenvalue weighted by Gasteiger charge is 2.30. The van der Waals surface area contributed by atoms with Gasteiger partial charge in [-0.1, -0.05) is 5.16 Å². The minimum Gasteiger partial charge on any atom is -0.364 e. The largest absolute Gasteiger partial charge is 0.364 e. The Labute approximate surface area is 166 Å². The van der Waals surface area contributed by atoms with Crippen LogP contribution in [0.5, 0.6) is 0 Å². The number of rotatable bonds is 5. The van der Waals surface area contributed by atoms with E-state index in [4.69, 9.17) is 4.52 Å². The lowest BCUT2D eigenvalue weighted by Crippen LogP contribution is -2.56. The molecule has 0 bridgehead atoms. The zero-order valence-corrected chi connectivity index (χ0v) is 17.6. The third kappa shape index (κ3) is 5.30. The van der Waals surface area contributed by atoms with E-state index in [0.29, 0.717) is 37.9 Å². The molecule has 3 rings (SSSR count). The van der Waals surface area contributed by atoms with Crippen LogP contribution in [0.15, 0.2) is 21.8 Å². The maximum Gasteiger partial charge on any atom is 0.220 e. The van der Waals surface area contributed by atoms with Crippen molar-refractivity contribution in [2.45, 2.75) is 38.0 Å². The third-order valence-electron chi connectivity index (χ3n) is 4.50. The van der Waals surface area contributed by atoms with Crippen LogP contribution in [0.3, 0.4) is 0 Å². The number of nitrogens with one attached hydrogen (secondary N) is 1. The van der Waals surface area contributed by atoms with Gasteiger partial charge in [0, 0.05) is 44.8 Å².